The second-order valence-corrected chi connectivity index (χ2v) is 5.01. The van der Waals surface area contributed by atoms with Crippen molar-refractivity contribution in [2.45, 2.75) is 6.54 Å². The Kier molecular flexibility index (Phi) is 2.89. The van der Waals surface area contributed by atoms with E-state index in [-0.39, 0.29) is 0 Å². The molecule has 0 saturated heterocycles. The third-order valence-electron chi connectivity index (χ3n) is 3.01. The average molecular weight is 302 g/mol. The number of rotatable bonds is 2. The maximum absolute atomic E-state index is 5.78. The molecule has 3 aromatic rings. The third kappa shape index (κ3) is 1.83. The Balaban J connectivity index is 2.31. The van der Waals surface area contributed by atoms with Gasteiger partial charge in [0.15, 0.2) is 0 Å². The molecule has 4 heteroatoms. The normalized spacial score (nSPS) is 11.0. The van der Waals surface area contributed by atoms with Crippen LogP contribution in [0.2, 0.25) is 0 Å². The van der Waals surface area contributed by atoms with E-state index in [1.807, 2.05) is 23.0 Å². The standard InChI is InChI=1S/C14H12BrN3/c15-11-8-17-18(9-11)14-6-5-10(7-16)12-3-1-2-4-13(12)14/h1-6,8-9H,7,16H2. The van der Waals surface area contributed by atoms with Gasteiger partial charge in [-0.05, 0) is 32.9 Å². The number of nitrogens with two attached hydrogens (primary N) is 1. The zero-order valence-corrected chi connectivity index (χ0v) is 11.3. The molecule has 0 aliphatic rings. The van der Waals surface area contributed by atoms with Crippen LogP contribution in [0.15, 0.2) is 53.3 Å². The summed E-state index contributed by atoms with van der Waals surface area (Å²) in [5.74, 6) is 0. The van der Waals surface area contributed by atoms with Crippen molar-refractivity contribution in [2.24, 2.45) is 5.73 Å². The van der Waals surface area contributed by atoms with Crippen molar-refractivity contribution in [1.29, 1.82) is 0 Å². The molecular weight excluding hydrogens is 290 g/mol. The quantitative estimate of drug-likeness (QED) is 0.789. The van der Waals surface area contributed by atoms with E-state index in [4.69, 9.17) is 5.73 Å². The van der Waals surface area contributed by atoms with Crippen LogP contribution < -0.4 is 5.73 Å². The van der Waals surface area contributed by atoms with Crippen LogP contribution in [-0.4, -0.2) is 9.78 Å². The third-order valence-corrected chi connectivity index (χ3v) is 3.42. The summed E-state index contributed by atoms with van der Waals surface area (Å²) in [5, 5.41) is 6.68. The van der Waals surface area contributed by atoms with Gasteiger partial charge < -0.3 is 5.73 Å². The fourth-order valence-corrected chi connectivity index (χ4v) is 2.44. The Morgan fingerprint density at radius 3 is 2.56 bits per heavy atom. The maximum atomic E-state index is 5.78. The highest BCUT2D eigenvalue weighted by molar-refractivity contribution is 9.10. The van der Waals surface area contributed by atoms with Crippen molar-refractivity contribution in [3.05, 3.63) is 58.8 Å². The molecule has 0 bridgehead atoms. The smallest absolute Gasteiger partial charge is 0.0724 e. The van der Waals surface area contributed by atoms with Crippen molar-refractivity contribution in [2.75, 3.05) is 0 Å². The van der Waals surface area contributed by atoms with Crippen LogP contribution in [0.1, 0.15) is 5.56 Å². The Morgan fingerprint density at radius 2 is 1.89 bits per heavy atom. The summed E-state index contributed by atoms with van der Waals surface area (Å²) in [5.41, 5.74) is 8.00. The molecule has 0 spiro atoms. The SMILES string of the molecule is NCc1ccc(-n2cc(Br)cn2)c2ccccc12. The topological polar surface area (TPSA) is 43.8 Å². The van der Waals surface area contributed by atoms with Crippen LogP contribution in [0.5, 0.6) is 0 Å². The van der Waals surface area contributed by atoms with E-state index in [9.17, 15) is 0 Å². The van der Waals surface area contributed by atoms with Gasteiger partial charge in [-0.2, -0.15) is 5.10 Å². The van der Waals surface area contributed by atoms with Gasteiger partial charge >= 0.3 is 0 Å². The van der Waals surface area contributed by atoms with E-state index < -0.39 is 0 Å². The van der Waals surface area contributed by atoms with Gasteiger partial charge in [-0.15, -0.1) is 0 Å². The number of fused-ring (bicyclic) bond motifs is 1. The number of hydrogen-bond donors (Lipinski definition) is 1. The molecule has 0 unspecified atom stereocenters. The molecule has 1 aromatic heterocycles. The first-order valence-electron chi connectivity index (χ1n) is 5.71. The van der Waals surface area contributed by atoms with Crippen LogP contribution >= 0.6 is 15.9 Å². The Morgan fingerprint density at radius 1 is 1.11 bits per heavy atom. The summed E-state index contributed by atoms with van der Waals surface area (Å²) in [4.78, 5) is 0. The molecule has 2 N–H and O–H groups in total. The van der Waals surface area contributed by atoms with E-state index in [1.165, 1.54) is 5.39 Å². The minimum absolute atomic E-state index is 0.545. The van der Waals surface area contributed by atoms with Gasteiger partial charge in [0.05, 0.1) is 16.4 Å². The minimum Gasteiger partial charge on any atom is -0.326 e. The van der Waals surface area contributed by atoms with Crippen molar-refractivity contribution < 1.29 is 0 Å². The number of benzene rings is 2. The van der Waals surface area contributed by atoms with Crippen molar-refractivity contribution >= 4 is 26.7 Å². The van der Waals surface area contributed by atoms with Crippen LogP contribution in [0, 0.1) is 0 Å². The first-order chi connectivity index (χ1) is 8.79. The van der Waals surface area contributed by atoms with Gasteiger partial charge in [-0.3, -0.25) is 0 Å². The van der Waals surface area contributed by atoms with E-state index in [0.29, 0.717) is 6.54 Å². The molecule has 3 nitrogen and oxygen atoms in total. The lowest BCUT2D eigenvalue weighted by Crippen LogP contribution is -2.01. The fourth-order valence-electron chi connectivity index (χ4n) is 2.16. The van der Waals surface area contributed by atoms with Crippen LogP contribution in [-0.2, 0) is 6.54 Å². The zero-order chi connectivity index (χ0) is 12.5. The summed E-state index contributed by atoms with van der Waals surface area (Å²) >= 11 is 3.42. The van der Waals surface area contributed by atoms with Crippen molar-refractivity contribution in [3.63, 3.8) is 0 Å². The second-order valence-electron chi connectivity index (χ2n) is 4.10. The summed E-state index contributed by atoms with van der Waals surface area (Å²) in [6.07, 6.45) is 3.73. The van der Waals surface area contributed by atoms with Crippen LogP contribution in [0.3, 0.4) is 0 Å². The van der Waals surface area contributed by atoms with Gasteiger partial charge in [0, 0.05) is 18.1 Å². The predicted octanol–water partition coefficient (Wildman–Crippen LogP) is 3.25. The van der Waals surface area contributed by atoms with Crippen molar-refractivity contribution in [1.82, 2.24) is 9.78 Å². The van der Waals surface area contributed by atoms with Gasteiger partial charge in [0.2, 0.25) is 0 Å². The minimum atomic E-state index is 0.545. The largest absolute Gasteiger partial charge is 0.326 e. The molecule has 1 heterocycles. The number of nitrogens with zero attached hydrogens (tertiary/aromatic N) is 2. The highest BCUT2D eigenvalue weighted by Gasteiger charge is 2.07. The molecule has 0 fully saturated rings. The molecule has 0 atom stereocenters. The molecule has 0 saturated carbocycles. The maximum Gasteiger partial charge on any atom is 0.0724 e. The van der Waals surface area contributed by atoms with Crippen LogP contribution in [0.25, 0.3) is 16.5 Å². The van der Waals surface area contributed by atoms with E-state index in [1.54, 1.807) is 6.20 Å². The molecule has 0 amide bonds. The van der Waals surface area contributed by atoms with Crippen molar-refractivity contribution in [3.8, 4) is 5.69 Å². The Bertz CT molecular complexity index is 703. The summed E-state index contributed by atoms with van der Waals surface area (Å²) in [6, 6.07) is 12.4. The lowest BCUT2D eigenvalue weighted by Gasteiger charge is -2.10. The lowest BCUT2D eigenvalue weighted by atomic mass is 10.0. The molecule has 18 heavy (non-hydrogen) atoms. The molecular formula is C14H12BrN3. The summed E-state index contributed by atoms with van der Waals surface area (Å²) in [7, 11) is 0. The lowest BCUT2D eigenvalue weighted by molar-refractivity contribution is 0.886. The highest BCUT2D eigenvalue weighted by atomic mass is 79.9. The number of hydrogen-bond acceptors (Lipinski definition) is 2. The van der Waals surface area contributed by atoms with Gasteiger partial charge in [-0.25, -0.2) is 4.68 Å². The van der Waals surface area contributed by atoms with Gasteiger partial charge in [-0.1, -0.05) is 30.3 Å². The van der Waals surface area contributed by atoms with E-state index >= 15 is 0 Å². The van der Waals surface area contributed by atoms with Gasteiger partial charge in [0.25, 0.3) is 0 Å². The molecule has 3 rings (SSSR count). The molecule has 2 aromatic carbocycles. The number of aromatic nitrogens is 2. The first kappa shape index (κ1) is 11.4. The Labute approximate surface area is 113 Å². The molecule has 0 radical (unpaired) electrons. The summed E-state index contributed by atoms with van der Waals surface area (Å²) in [6.45, 7) is 0.545. The first-order valence-corrected chi connectivity index (χ1v) is 6.50. The number of halogens is 1. The fraction of sp³-hybridized carbons (Fsp3) is 0.0714. The average Bonchev–Trinajstić information content (AvgIpc) is 2.84. The molecule has 0 aliphatic carbocycles. The van der Waals surface area contributed by atoms with E-state index in [2.05, 4.69) is 45.3 Å². The van der Waals surface area contributed by atoms with E-state index in [0.717, 1.165) is 21.1 Å². The highest BCUT2D eigenvalue weighted by Crippen LogP contribution is 2.25. The Hall–Kier alpha value is -1.65. The molecule has 90 valence electrons. The monoisotopic (exact) mass is 301 g/mol. The molecule has 0 aliphatic heterocycles. The summed E-state index contributed by atoms with van der Waals surface area (Å²) < 4.78 is 2.83. The van der Waals surface area contributed by atoms with Crippen LogP contribution in [0.4, 0.5) is 0 Å². The zero-order valence-electron chi connectivity index (χ0n) is 9.68. The second kappa shape index (κ2) is 4.55. The predicted molar refractivity (Wildman–Crippen MR) is 76.7 cm³/mol. The van der Waals surface area contributed by atoms with Gasteiger partial charge in [0.1, 0.15) is 0 Å².